The van der Waals surface area contributed by atoms with E-state index in [-0.39, 0.29) is 5.82 Å². The monoisotopic (exact) mass is 351 g/mol. The number of benzene rings is 1. The first kappa shape index (κ1) is 16.8. The van der Waals surface area contributed by atoms with Crippen LogP contribution in [-0.2, 0) is 0 Å². The quantitative estimate of drug-likeness (QED) is 0.753. The maximum atomic E-state index is 14.0. The van der Waals surface area contributed by atoms with Crippen LogP contribution in [0.15, 0.2) is 36.7 Å². The molecule has 6 heteroatoms. The number of aryl methyl sites for hydroxylation is 1. The van der Waals surface area contributed by atoms with Gasteiger partial charge in [0, 0.05) is 24.5 Å². The Kier molecular flexibility index (Phi) is 4.75. The molecule has 0 bridgehead atoms. The normalized spacial score (nSPS) is 17.4. The molecule has 1 aliphatic heterocycles. The molecule has 1 fully saturated rings. The predicted octanol–water partition coefficient (Wildman–Crippen LogP) is 3.55. The molecule has 1 saturated heterocycles. The molecule has 26 heavy (non-hydrogen) atoms. The number of aromatic nitrogens is 3. The second-order valence-electron chi connectivity index (χ2n) is 6.84. The van der Waals surface area contributed by atoms with Crippen LogP contribution in [0.2, 0.25) is 0 Å². The third kappa shape index (κ3) is 3.51. The van der Waals surface area contributed by atoms with E-state index < -0.39 is 0 Å². The van der Waals surface area contributed by atoms with E-state index in [1.807, 2.05) is 12.1 Å². The number of halogens is 1. The summed E-state index contributed by atoms with van der Waals surface area (Å²) in [5.74, 6) is 1.04. The van der Waals surface area contributed by atoms with Gasteiger partial charge in [-0.15, -0.1) is 0 Å². The zero-order chi connectivity index (χ0) is 17.9. The largest absolute Gasteiger partial charge is 0.368 e. The second-order valence-corrected chi connectivity index (χ2v) is 6.84. The highest BCUT2D eigenvalue weighted by molar-refractivity contribution is 5.88. The van der Waals surface area contributed by atoms with Crippen LogP contribution in [0.4, 0.5) is 10.2 Å². The number of nitrogens with zero attached hydrogens (tertiary/aromatic N) is 3. The number of pyridine rings is 1. The lowest BCUT2D eigenvalue weighted by molar-refractivity contribution is 0.392. The van der Waals surface area contributed by atoms with E-state index in [1.165, 1.54) is 18.9 Å². The van der Waals surface area contributed by atoms with Crippen LogP contribution < -0.4 is 10.6 Å². The second kappa shape index (κ2) is 7.33. The van der Waals surface area contributed by atoms with Gasteiger partial charge in [-0.2, -0.15) is 0 Å². The number of hydrogen-bond acceptors (Lipinski definition) is 5. The Labute approximate surface area is 152 Å². The van der Waals surface area contributed by atoms with Gasteiger partial charge >= 0.3 is 0 Å². The molecule has 0 amide bonds. The summed E-state index contributed by atoms with van der Waals surface area (Å²) in [5, 5.41) is 6.87. The minimum absolute atomic E-state index is 0.230. The third-order valence-corrected chi connectivity index (χ3v) is 4.88. The molecular formula is C20H22FN5. The first-order chi connectivity index (χ1) is 12.7. The standard InChI is InChI=1S/C20H22FN5/c1-13-4-5-15(9-16(13)21)17-10-18-19(24-8-7-23-18)20(26-17)25-12-14-3-2-6-22-11-14/h4-5,7-10,14,22H,2-3,6,11-12H2,1H3,(H,25,26)/t14-/m0/s1. The lowest BCUT2D eigenvalue weighted by Gasteiger charge is -2.23. The lowest BCUT2D eigenvalue weighted by Crippen LogP contribution is -2.33. The Morgan fingerprint density at radius 2 is 2.12 bits per heavy atom. The molecule has 0 unspecified atom stereocenters. The molecule has 2 aromatic heterocycles. The molecule has 1 aromatic carbocycles. The number of anilines is 1. The summed E-state index contributed by atoms with van der Waals surface area (Å²) in [6.07, 6.45) is 5.73. The van der Waals surface area contributed by atoms with Gasteiger partial charge in [-0.05, 0) is 56.5 Å². The molecule has 3 heterocycles. The van der Waals surface area contributed by atoms with Crippen molar-refractivity contribution in [1.29, 1.82) is 0 Å². The van der Waals surface area contributed by atoms with Gasteiger partial charge in [0.15, 0.2) is 5.82 Å². The van der Waals surface area contributed by atoms with Crippen LogP contribution in [0.3, 0.4) is 0 Å². The molecule has 1 atom stereocenters. The molecule has 0 saturated carbocycles. The van der Waals surface area contributed by atoms with E-state index in [9.17, 15) is 4.39 Å². The van der Waals surface area contributed by atoms with Crippen molar-refractivity contribution in [2.45, 2.75) is 19.8 Å². The van der Waals surface area contributed by atoms with Crippen molar-refractivity contribution >= 4 is 16.9 Å². The molecule has 3 aromatic rings. The van der Waals surface area contributed by atoms with Gasteiger partial charge in [0.25, 0.3) is 0 Å². The highest BCUT2D eigenvalue weighted by Crippen LogP contribution is 2.27. The maximum Gasteiger partial charge on any atom is 0.154 e. The molecule has 134 valence electrons. The van der Waals surface area contributed by atoms with Crippen molar-refractivity contribution in [3.8, 4) is 11.3 Å². The molecular weight excluding hydrogens is 329 g/mol. The molecule has 0 radical (unpaired) electrons. The van der Waals surface area contributed by atoms with Gasteiger partial charge in [-0.3, -0.25) is 4.98 Å². The average Bonchev–Trinajstić information content (AvgIpc) is 2.69. The van der Waals surface area contributed by atoms with Crippen molar-refractivity contribution in [2.75, 3.05) is 25.0 Å². The van der Waals surface area contributed by atoms with Crippen LogP contribution in [-0.4, -0.2) is 34.6 Å². The van der Waals surface area contributed by atoms with E-state index in [0.717, 1.165) is 36.2 Å². The fourth-order valence-electron chi connectivity index (χ4n) is 3.33. The highest BCUT2D eigenvalue weighted by Gasteiger charge is 2.15. The van der Waals surface area contributed by atoms with Crippen LogP contribution in [0, 0.1) is 18.7 Å². The summed E-state index contributed by atoms with van der Waals surface area (Å²) in [7, 11) is 0. The van der Waals surface area contributed by atoms with E-state index >= 15 is 0 Å². The van der Waals surface area contributed by atoms with Crippen LogP contribution in [0.1, 0.15) is 18.4 Å². The Balaban J connectivity index is 1.69. The summed E-state index contributed by atoms with van der Waals surface area (Å²) in [6.45, 7) is 4.69. The van der Waals surface area contributed by atoms with Gasteiger partial charge in [0.05, 0.1) is 11.2 Å². The Morgan fingerprint density at radius 1 is 1.23 bits per heavy atom. The number of fused-ring (bicyclic) bond motifs is 1. The van der Waals surface area contributed by atoms with Crippen LogP contribution in [0.25, 0.3) is 22.3 Å². The van der Waals surface area contributed by atoms with Gasteiger partial charge in [-0.1, -0.05) is 12.1 Å². The summed E-state index contributed by atoms with van der Waals surface area (Å²) < 4.78 is 14.0. The van der Waals surface area contributed by atoms with Gasteiger partial charge < -0.3 is 10.6 Å². The highest BCUT2D eigenvalue weighted by atomic mass is 19.1. The van der Waals surface area contributed by atoms with E-state index in [1.54, 1.807) is 25.4 Å². The van der Waals surface area contributed by atoms with Crippen molar-refractivity contribution in [3.63, 3.8) is 0 Å². The lowest BCUT2D eigenvalue weighted by atomic mass is 10.00. The minimum Gasteiger partial charge on any atom is -0.368 e. The minimum atomic E-state index is -0.230. The third-order valence-electron chi connectivity index (χ3n) is 4.88. The van der Waals surface area contributed by atoms with E-state index in [4.69, 9.17) is 4.98 Å². The first-order valence-corrected chi connectivity index (χ1v) is 9.03. The summed E-state index contributed by atoms with van der Waals surface area (Å²) in [6, 6.07) is 7.04. The molecule has 0 aliphatic carbocycles. The number of nitrogens with one attached hydrogen (secondary N) is 2. The SMILES string of the molecule is Cc1ccc(-c2cc3nccnc3c(NC[C@H]3CCCNC3)n2)cc1F. The van der Waals surface area contributed by atoms with Crippen molar-refractivity contribution < 1.29 is 4.39 Å². The average molecular weight is 351 g/mol. The Hall–Kier alpha value is -2.60. The number of rotatable bonds is 4. The van der Waals surface area contributed by atoms with Crippen molar-refractivity contribution in [3.05, 3.63) is 48.0 Å². The van der Waals surface area contributed by atoms with E-state index in [0.29, 0.717) is 23.0 Å². The molecule has 0 spiro atoms. The van der Waals surface area contributed by atoms with Gasteiger partial charge in [-0.25, -0.2) is 14.4 Å². The maximum absolute atomic E-state index is 14.0. The molecule has 2 N–H and O–H groups in total. The summed E-state index contributed by atoms with van der Waals surface area (Å²) >= 11 is 0. The number of piperidine rings is 1. The first-order valence-electron chi connectivity index (χ1n) is 9.03. The molecule has 4 rings (SSSR count). The molecule has 1 aliphatic rings. The van der Waals surface area contributed by atoms with Gasteiger partial charge in [0.2, 0.25) is 0 Å². The predicted molar refractivity (Wildman–Crippen MR) is 102 cm³/mol. The smallest absolute Gasteiger partial charge is 0.154 e. The van der Waals surface area contributed by atoms with Crippen molar-refractivity contribution in [2.24, 2.45) is 5.92 Å². The van der Waals surface area contributed by atoms with E-state index in [2.05, 4.69) is 20.6 Å². The zero-order valence-electron chi connectivity index (χ0n) is 14.8. The zero-order valence-corrected chi connectivity index (χ0v) is 14.8. The topological polar surface area (TPSA) is 62.7 Å². The number of hydrogen-bond donors (Lipinski definition) is 2. The Bertz CT molecular complexity index is 921. The summed E-state index contributed by atoms with van der Waals surface area (Å²) in [5.41, 5.74) is 3.55. The van der Waals surface area contributed by atoms with Crippen LogP contribution in [0.5, 0.6) is 0 Å². The fourth-order valence-corrected chi connectivity index (χ4v) is 3.33. The Morgan fingerprint density at radius 3 is 2.92 bits per heavy atom. The molecule has 5 nitrogen and oxygen atoms in total. The van der Waals surface area contributed by atoms with Gasteiger partial charge in [0.1, 0.15) is 11.3 Å². The summed E-state index contributed by atoms with van der Waals surface area (Å²) in [4.78, 5) is 13.6. The van der Waals surface area contributed by atoms with Crippen LogP contribution >= 0.6 is 0 Å². The van der Waals surface area contributed by atoms with Crippen molar-refractivity contribution in [1.82, 2.24) is 20.3 Å². The fraction of sp³-hybridized carbons (Fsp3) is 0.350.